The summed E-state index contributed by atoms with van der Waals surface area (Å²) in [5.74, 6) is -4.28. The molecule has 2 unspecified atom stereocenters. The van der Waals surface area contributed by atoms with Gasteiger partial charge in [0.2, 0.25) is 0 Å². The van der Waals surface area contributed by atoms with E-state index in [-0.39, 0.29) is 25.3 Å². The molecule has 13 heteroatoms. The number of methoxy groups -OCH3 is 1. The zero-order valence-electron chi connectivity index (χ0n) is 24.8. The fraction of sp³-hybridized carbons (Fsp3) is 0.533. The number of rotatable bonds is 9. The van der Waals surface area contributed by atoms with Crippen LogP contribution in [0.15, 0.2) is 46.0 Å². The Balaban J connectivity index is 1.53. The van der Waals surface area contributed by atoms with Gasteiger partial charge in [0, 0.05) is 43.0 Å². The molecule has 0 saturated carbocycles. The molecule has 2 saturated heterocycles. The van der Waals surface area contributed by atoms with Crippen molar-refractivity contribution in [3.8, 4) is 0 Å². The predicted octanol–water partition coefficient (Wildman–Crippen LogP) is 4.09. The van der Waals surface area contributed by atoms with E-state index in [0.29, 0.717) is 40.6 Å². The Bertz CT molecular complexity index is 1450. The molecule has 0 amide bonds. The number of likely N-dealkylation sites (tertiary alicyclic amines) is 2. The number of carbonyl (C=O) groups is 2. The number of halogens is 3. The molecular formula is C30H36F3N5O4S. The number of thiazole rings is 1. The average Bonchev–Trinajstić information content (AvgIpc) is 3.69. The van der Waals surface area contributed by atoms with Gasteiger partial charge < -0.3 is 14.8 Å². The number of esters is 2. The van der Waals surface area contributed by atoms with E-state index in [2.05, 4.69) is 10.3 Å². The van der Waals surface area contributed by atoms with Crippen LogP contribution < -0.4 is 5.32 Å². The van der Waals surface area contributed by atoms with Crippen LogP contribution >= 0.6 is 11.3 Å². The number of nitrogens with one attached hydrogen (secondary N) is 1. The Morgan fingerprint density at radius 2 is 2.02 bits per heavy atom. The van der Waals surface area contributed by atoms with Crippen molar-refractivity contribution in [2.24, 2.45) is 10.4 Å². The zero-order chi connectivity index (χ0) is 31.1. The van der Waals surface area contributed by atoms with E-state index in [0.717, 1.165) is 0 Å². The number of alkyl halides is 2. The first-order valence-corrected chi connectivity index (χ1v) is 15.1. The third-order valence-electron chi connectivity index (χ3n) is 8.34. The van der Waals surface area contributed by atoms with Crippen molar-refractivity contribution in [3.05, 3.63) is 63.0 Å². The lowest BCUT2D eigenvalue weighted by molar-refractivity contribution is -0.153. The summed E-state index contributed by atoms with van der Waals surface area (Å²) in [6.07, 6.45) is 2.07. The van der Waals surface area contributed by atoms with Crippen LogP contribution in [0.3, 0.4) is 0 Å². The third-order valence-corrected chi connectivity index (χ3v) is 9.12. The molecule has 0 spiro atoms. The van der Waals surface area contributed by atoms with Crippen molar-refractivity contribution in [3.63, 3.8) is 0 Å². The van der Waals surface area contributed by atoms with Crippen LogP contribution in [0.1, 0.15) is 49.4 Å². The van der Waals surface area contributed by atoms with Crippen LogP contribution in [-0.4, -0.2) is 90.5 Å². The van der Waals surface area contributed by atoms with Crippen molar-refractivity contribution in [1.82, 2.24) is 20.1 Å². The number of nitrogens with zero attached hydrogens (tertiary/aromatic N) is 4. The van der Waals surface area contributed by atoms with Crippen LogP contribution in [0, 0.1) is 18.2 Å². The number of ether oxygens (including phenoxy) is 2. The molecule has 232 valence electrons. The van der Waals surface area contributed by atoms with E-state index >= 15 is 8.78 Å². The van der Waals surface area contributed by atoms with E-state index in [1.165, 1.54) is 24.5 Å². The van der Waals surface area contributed by atoms with Crippen molar-refractivity contribution >= 4 is 29.1 Å². The smallest absolute Gasteiger partial charge is 0.338 e. The molecule has 1 aromatic heterocycles. The highest BCUT2D eigenvalue weighted by Gasteiger charge is 2.60. The van der Waals surface area contributed by atoms with Gasteiger partial charge in [-0.1, -0.05) is 12.1 Å². The van der Waals surface area contributed by atoms with Gasteiger partial charge in [0.15, 0.2) is 10.8 Å². The van der Waals surface area contributed by atoms with E-state index in [1.807, 2.05) is 0 Å². The number of hydrogen-bond acceptors (Lipinski definition) is 10. The Labute approximate surface area is 252 Å². The topological polar surface area (TPSA) is 96.4 Å². The minimum Gasteiger partial charge on any atom is -0.469 e. The second-order valence-electron chi connectivity index (χ2n) is 11.7. The normalized spacial score (nSPS) is 24.0. The van der Waals surface area contributed by atoms with Gasteiger partial charge in [-0.25, -0.2) is 22.9 Å². The van der Waals surface area contributed by atoms with Crippen molar-refractivity contribution < 1.29 is 32.2 Å². The highest BCUT2D eigenvalue weighted by molar-refractivity contribution is 7.11. The molecule has 9 nitrogen and oxygen atoms in total. The Hall–Kier alpha value is -3.29. The summed E-state index contributed by atoms with van der Waals surface area (Å²) in [6.45, 7) is 6.71. The molecule has 3 aliphatic rings. The standard InChI is InChI=1S/C30H36F3N5O4S/c1-6-42-27(39)22-20(35-25(26-34-11-13-43-26)36-23(22)18-8-7-9-19(31)17(18)2)14-38-16-30(32,33)24-21(38)10-12-37(24)15-29(3,4)28(40)41-5/h7-9,11,13,21,23-24H,6,10,12,14-16H2,1-5H3,(H,35,36)/t21?,23-,24?/m0/s1. The molecule has 0 aliphatic carbocycles. The van der Waals surface area contributed by atoms with Gasteiger partial charge in [-0.2, -0.15) is 0 Å². The molecule has 2 fully saturated rings. The van der Waals surface area contributed by atoms with Gasteiger partial charge in [0.1, 0.15) is 11.9 Å². The summed E-state index contributed by atoms with van der Waals surface area (Å²) in [5, 5.41) is 5.53. The highest BCUT2D eigenvalue weighted by Crippen LogP contribution is 2.44. The van der Waals surface area contributed by atoms with E-state index in [4.69, 9.17) is 14.5 Å². The van der Waals surface area contributed by atoms with Gasteiger partial charge in [0.25, 0.3) is 5.92 Å². The summed E-state index contributed by atoms with van der Waals surface area (Å²) in [7, 11) is 1.29. The number of aromatic nitrogens is 1. The number of aliphatic imine (C=N–C) groups is 1. The Morgan fingerprint density at radius 3 is 2.70 bits per heavy atom. The maximum Gasteiger partial charge on any atom is 0.338 e. The summed E-state index contributed by atoms with van der Waals surface area (Å²) >= 11 is 1.33. The molecule has 1 N–H and O–H groups in total. The summed E-state index contributed by atoms with van der Waals surface area (Å²) < 4.78 is 56.5. The summed E-state index contributed by atoms with van der Waals surface area (Å²) in [6, 6.07) is 2.00. The lowest BCUT2D eigenvalue weighted by Gasteiger charge is -2.33. The molecule has 4 heterocycles. The lowest BCUT2D eigenvalue weighted by Crippen LogP contribution is -2.50. The summed E-state index contributed by atoms with van der Waals surface area (Å²) in [5.41, 5.74) is 0.330. The fourth-order valence-corrected chi connectivity index (χ4v) is 7.00. The van der Waals surface area contributed by atoms with E-state index in [1.54, 1.807) is 61.2 Å². The van der Waals surface area contributed by atoms with Crippen molar-refractivity contribution in [2.45, 2.75) is 58.2 Å². The first kappa shape index (κ1) is 31.1. The van der Waals surface area contributed by atoms with Gasteiger partial charge in [0.05, 0.1) is 37.3 Å². The number of benzene rings is 1. The molecule has 2 aromatic rings. The van der Waals surface area contributed by atoms with Gasteiger partial charge in [-0.15, -0.1) is 11.3 Å². The average molecular weight is 620 g/mol. The maximum absolute atomic E-state index is 15.7. The second-order valence-corrected chi connectivity index (χ2v) is 12.6. The maximum atomic E-state index is 15.7. The first-order valence-electron chi connectivity index (χ1n) is 14.2. The quantitative estimate of drug-likeness (QED) is 0.420. The van der Waals surface area contributed by atoms with Gasteiger partial charge >= 0.3 is 11.9 Å². The number of amidine groups is 1. The zero-order valence-corrected chi connectivity index (χ0v) is 25.6. The van der Waals surface area contributed by atoms with Crippen LogP contribution in [0.5, 0.6) is 0 Å². The molecule has 1 aromatic carbocycles. The van der Waals surface area contributed by atoms with Crippen molar-refractivity contribution in [1.29, 1.82) is 0 Å². The Morgan fingerprint density at radius 1 is 1.26 bits per heavy atom. The molecule has 3 aliphatic heterocycles. The number of hydrogen-bond donors (Lipinski definition) is 1. The van der Waals surface area contributed by atoms with Crippen LogP contribution in [0.25, 0.3) is 0 Å². The van der Waals surface area contributed by atoms with E-state index < -0.39 is 53.8 Å². The van der Waals surface area contributed by atoms with Gasteiger partial charge in [-0.05, 0) is 51.3 Å². The van der Waals surface area contributed by atoms with Crippen LogP contribution in [0.2, 0.25) is 0 Å². The molecule has 0 radical (unpaired) electrons. The number of carbonyl (C=O) groups excluding carboxylic acids is 2. The third kappa shape index (κ3) is 5.94. The predicted molar refractivity (Wildman–Crippen MR) is 155 cm³/mol. The molecular weight excluding hydrogens is 583 g/mol. The SMILES string of the molecule is CCOC(=O)C1=C(CN2CC(F)(F)C3C2CCN3CC(C)(C)C(=O)OC)NC(c2nccs2)=N[C@H]1c1cccc(F)c1C. The highest BCUT2D eigenvalue weighted by atomic mass is 32.1. The Kier molecular flexibility index (Phi) is 8.70. The van der Waals surface area contributed by atoms with Crippen LogP contribution in [-0.2, 0) is 19.1 Å². The van der Waals surface area contributed by atoms with Gasteiger partial charge in [-0.3, -0.25) is 19.6 Å². The monoisotopic (exact) mass is 619 g/mol. The minimum atomic E-state index is -3.07. The second kappa shape index (κ2) is 12.0. The summed E-state index contributed by atoms with van der Waals surface area (Å²) in [4.78, 5) is 38.3. The fourth-order valence-electron chi connectivity index (χ4n) is 6.42. The minimum absolute atomic E-state index is 0.0194. The van der Waals surface area contributed by atoms with Crippen molar-refractivity contribution in [2.75, 3.05) is 39.9 Å². The number of fused-ring (bicyclic) bond motifs is 1. The lowest BCUT2D eigenvalue weighted by atomic mass is 9.92. The first-order chi connectivity index (χ1) is 20.4. The largest absolute Gasteiger partial charge is 0.469 e. The van der Waals surface area contributed by atoms with E-state index in [9.17, 15) is 14.0 Å². The molecule has 5 rings (SSSR count). The van der Waals surface area contributed by atoms with Crippen LogP contribution in [0.4, 0.5) is 13.2 Å². The molecule has 3 atom stereocenters. The molecule has 43 heavy (non-hydrogen) atoms. The molecule has 0 bridgehead atoms.